The Hall–Kier alpha value is -1.04. The zero-order chi connectivity index (χ0) is 13.5. The summed E-state index contributed by atoms with van der Waals surface area (Å²) in [6.45, 7) is 0.483. The number of benzene rings is 1. The van der Waals surface area contributed by atoms with E-state index in [2.05, 4.69) is 0 Å². The molecule has 0 saturated carbocycles. The molecule has 0 saturated heterocycles. The molecule has 0 fully saturated rings. The van der Waals surface area contributed by atoms with Crippen LogP contribution in [0.1, 0.15) is 10.4 Å². The summed E-state index contributed by atoms with van der Waals surface area (Å²) in [4.78, 5) is 14.7. The zero-order valence-electron chi connectivity index (χ0n) is 10.9. The molecule has 1 N–H and O–H groups in total. The lowest BCUT2D eigenvalue weighted by Crippen LogP contribution is -2.36. The standard InChI is InChI=1S/C13H19NO3S/c1-14(8-10(15)9-17-2)13(16)11-6-4-5-7-12(11)18-3/h4-7,10,15H,8-9H2,1-3H3. The SMILES string of the molecule is COCC(O)CN(C)C(=O)c1ccccc1SC. The molecular weight excluding hydrogens is 250 g/mol. The minimum atomic E-state index is -0.662. The van der Waals surface area contributed by atoms with E-state index in [1.54, 1.807) is 13.1 Å². The van der Waals surface area contributed by atoms with Crippen LogP contribution in [0.2, 0.25) is 0 Å². The Morgan fingerprint density at radius 2 is 2.17 bits per heavy atom. The van der Waals surface area contributed by atoms with Crippen molar-refractivity contribution in [2.45, 2.75) is 11.0 Å². The molecule has 1 rings (SSSR count). The molecule has 18 heavy (non-hydrogen) atoms. The molecule has 1 aromatic rings. The molecule has 0 radical (unpaired) electrons. The molecule has 100 valence electrons. The number of ether oxygens (including phenoxy) is 1. The Labute approximate surface area is 112 Å². The minimum Gasteiger partial charge on any atom is -0.389 e. The smallest absolute Gasteiger partial charge is 0.254 e. The highest BCUT2D eigenvalue weighted by molar-refractivity contribution is 7.98. The first-order valence-electron chi connectivity index (χ1n) is 5.65. The Morgan fingerprint density at radius 1 is 1.50 bits per heavy atom. The van der Waals surface area contributed by atoms with E-state index in [1.165, 1.54) is 23.8 Å². The third kappa shape index (κ3) is 4.01. The third-order valence-electron chi connectivity index (χ3n) is 2.53. The van der Waals surface area contributed by atoms with E-state index in [-0.39, 0.29) is 19.1 Å². The Bertz CT molecular complexity index is 398. The first kappa shape index (κ1) is 15.0. The van der Waals surface area contributed by atoms with Crippen molar-refractivity contribution in [2.24, 2.45) is 0 Å². The fraction of sp³-hybridized carbons (Fsp3) is 0.462. The van der Waals surface area contributed by atoms with E-state index in [0.29, 0.717) is 5.56 Å². The van der Waals surface area contributed by atoms with Crippen molar-refractivity contribution in [3.8, 4) is 0 Å². The molecule has 4 nitrogen and oxygen atoms in total. The molecule has 1 unspecified atom stereocenters. The van der Waals surface area contributed by atoms with Crippen LogP contribution in [0.15, 0.2) is 29.2 Å². The summed E-state index contributed by atoms with van der Waals surface area (Å²) >= 11 is 1.54. The maximum absolute atomic E-state index is 12.2. The second-order valence-electron chi connectivity index (χ2n) is 4.00. The number of likely N-dealkylation sites (N-methyl/N-ethyl adjacent to an activating group) is 1. The van der Waals surface area contributed by atoms with Crippen LogP contribution in [0.5, 0.6) is 0 Å². The number of aliphatic hydroxyl groups is 1. The topological polar surface area (TPSA) is 49.8 Å². The van der Waals surface area contributed by atoms with Gasteiger partial charge in [0, 0.05) is 25.6 Å². The number of carbonyl (C=O) groups is 1. The molecule has 0 aliphatic carbocycles. The molecule has 1 aromatic carbocycles. The highest BCUT2D eigenvalue weighted by atomic mass is 32.2. The van der Waals surface area contributed by atoms with Crippen LogP contribution in [0.25, 0.3) is 0 Å². The van der Waals surface area contributed by atoms with Gasteiger partial charge in [-0.25, -0.2) is 0 Å². The first-order chi connectivity index (χ1) is 8.60. The largest absolute Gasteiger partial charge is 0.389 e. The monoisotopic (exact) mass is 269 g/mol. The van der Waals surface area contributed by atoms with Crippen molar-refractivity contribution in [3.63, 3.8) is 0 Å². The zero-order valence-corrected chi connectivity index (χ0v) is 11.7. The second kappa shape index (κ2) is 7.41. The van der Waals surface area contributed by atoms with Crippen LogP contribution in [-0.4, -0.2) is 55.6 Å². The number of hydrogen-bond acceptors (Lipinski definition) is 4. The predicted octanol–water partition coefficient (Wildman–Crippen LogP) is 1.49. The van der Waals surface area contributed by atoms with Gasteiger partial charge in [-0.05, 0) is 18.4 Å². The molecule has 0 heterocycles. The van der Waals surface area contributed by atoms with Crippen molar-refractivity contribution in [1.29, 1.82) is 0 Å². The van der Waals surface area contributed by atoms with Crippen molar-refractivity contribution in [3.05, 3.63) is 29.8 Å². The van der Waals surface area contributed by atoms with Crippen LogP contribution >= 0.6 is 11.8 Å². The number of amides is 1. The molecule has 0 spiro atoms. The average Bonchev–Trinajstić information content (AvgIpc) is 2.38. The minimum absolute atomic E-state index is 0.0879. The maximum atomic E-state index is 12.2. The van der Waals surface area contributed by atoms with Crippen LogP contribution in [0.3, 0.4) is 0 Å². The Morgan fingerprint density at radius 3 is 2.78 bits per heavy atom. The first-order valence-corrected chi connectivity index (χ1v) is 6.88. The quantitative estimate of drug-likeness (QED) is 0.795. The normalized spacial score (nSPS) is 12.2. The summed E-state index contributed by atoms with van der Waals surface area (Å²) < 4.78 is 4.84. The van der Waals surface area contributed by atoms with Gasteiger partial charge in [0.05, 0.1) is 18.3 Å². The third-order valence-corrected chi connectivity index (χ3v) is 3.32. The van der Waals surface area contributed by atoms with Gasteiger partial charge >= 0.3 is 0 Å². The van der Waals surface area contributed by atoms with Gasteiger partial charge in [-0.3, -0.25) is 4.79 Å². The number of aliphatic hydroxyl groups excluding tert-OH is 1. The molecule has 1 atom stereocenters. The second-order valence-corrected chi connectivity index (χ2v) is 4.84. The van der Waals surface area contributed by atoms with Crippen molar-refractivity contribution in [2.75, 3.05) is 33.6 Å². The van der Waals surface area contributed by atoms with Gasteiger partial charge < -0.3 is 14.7 Å². The maximum Gasteiger partial charge on any atom is 0.254 e. The van der Waals surface area contributed by atoms with Crippen LogP contribution in [-0.2, 0) is 4.74 Å². The number of nitrogens with zero attached hydrogens (tertiary/aromatic N) is 1. The van der Waals surface area contributed by atoms with E-state index >= 15 is 0 Å². The molecule has 0 bridgehead atoms. The number of carbonyl (C=O) groups excluding carboxylic acids is 1. The van der Waals surface area contributed by atoms with Crippen LogP contribution < -0.4 is 0 Å². The van der Waals surface area contributed by atoms with Crippen LogP contribution in [0, 0.1) is 0 Å². The summed E-state index contributed by atoms with van der Waals surface area (Å²) in [5.41, 5.74) is 0.664. The molecule has 0 aromatic heterocycles. The van der Waals surface area contributed by atoms with E-state index in [4.69, 9.17) is 4.74 Å². The van der Waals surface area contributed by atoms with E-state index in [9.17, 15) is 9.90 Å². The lowest BCUT2D eigenvalue weighted by Gasteiger charge is -2.21. The van der Waals surface area contributed by atoms with Gasteiger partial charge in [0.15, 0.2) is 0 Å². The van der Waals surface area contributed by atoms with E-state index in [1.807, 2.05) is 24.5 Å². The Kier molecular flexibility index (Phi) is 6.18. The van der Waals surface area contributed by atoms with E-state index < -0.39 is 6.10 Å². The van der Waals surface area contributed by atoms with Gasteiger partial charge in [0.25, 0.3) is 5.91 Å². The number of methoxy groups -OCH3 is 1. The lowest BCUT2D eigenvalue weighted by atomic mass is 10.2. The lowest BCUT2D eigenvalue weighted by molar-refractivity contribution is 0.0379. The summed E-state index contributed by atoms with van der Waals surface area (Å²) in [6.07, 6.45) is 1.27. The molecule has 1 amide bonds. The van der Waals surface area contributed by atoms with Gasteiger partial charge in [-0.2, -0.15) is 0 Å². The highest BCUT2D eigenvalue weighted by Gasteiger charge is 2.17. The summed E-state index contributed by atoms with van der Waals surface area (Å²) in [6, 6.07) is 7.46. The van der Waals surface area contributed by atoms with Gasteiger partial charge in [0.1, 0.15) is 0 Å². The van der Waals surface area contributed by atoms with Crippen molar-refractivity contribution >= 4 is 17.7 Å². The number of rotatable bonds is 6. The summed E-state index contributed by atoms with van der Waals surface area (Å²) in [5, 5.41) is 9.62. The van der Waals surface area contributed by atoms with Gasteiger partial charge in [-0.15, -0.1) is 11.8 Å². The van der Waals surface area contributed by atoms with Crippen LogP contribution in [0.4, 0.5) is 0 Å². The van der Waals surface area contributed by atoms with E-state index in [0.717, 1.165) is 4.90 Å². The summed E-state index contributed by atoms with van der Waals surface area (Å²) in [5.74, 6) is -0.0879. The van der Waals surface area contributed by atoms with Gasteiger partial charge in [0.2, 0.25) is 0 Å². The predicted molar refractivity (Wildman–Crippen MR) is 73.1 cm³/mol. The molecular formula is C13H19NO3S. The highest BCUT2D eigenvalue weighted by Crippen LogP contribution is 2.21. The Balaban J connectivity index is 2.74. The average molecular weight is 269 g/mol. The van der Waals surface area contributed by atoms with Gasteiger partial charge in [-0.1, -0.05) is 12.1 Å². The molecule has 0 aliphatic rings. The number of thioether (sulfide) groups is 1. The number of hydrogen-bond donors (Lipinski definition) is 1. The fourth-order valence-corrected chi connectivity index (χ4v) is 2.26. The fourth-order valence-electron chi connectivity index (χ4n) is 1.67. The molecule has 0 aliphatic heterocycles. The molecule has 5 heteroatoms. The van der Waals surface area contributed by atoms with Crippen molar-refractivity contribution in [1.82, 2.24) is 4.90 Å². The van der Waals surface area contributed by atoms with Crippen molar-refractivity contribution < 1.29 is 14.6 Å². The summed E-state index contributed by atoms with van der Waals surface area (Å²) in [7, 11) is 3.20.